The van der Waals surface area contributed by atoms with Gasteiger partial charge in [-0.25, -0.2) is 9.78 Å². The zero-order valence-corrected chi connectivity index (χ0v) is 15.8. The largest absolute Gasteiger partial charge is 0.486 e. The van der Waals surface area contributed by atoms with Crippen molar-refractivity contribution in [1.82, 2.24) is 9.97 Å². The van der Waals surface area contributed by atoms with E-state index >= 15 is 0 Å². The lowest BCUT2D eigenvalue weighted by atomic mass is 10.1. The van der Waals surface area contributed by atoms with Crippen LogP contribution in [-0.4, -0.2) is 29.3 Å². The number of nitrogens with one attached hydrogen (secondary N) is 1. The Morgan fingerprint density at radius 1 is 1.36 bits per heavy atom. The molecule has 0 unspecified atom stereocenters. The van der Waals surface area contributed by atoms with Crippen molar-refractivity contribution in [2.24, 2.45) is 0 Å². The monoisotopic (exact) mass is 397 g/mol. The molecule has 9 heteroatoms. The molecule has 0 saturated heterocycles. The number of ether oxygens (including phenoxy) is 2. The minimum atomic E-state index is -0.567. The highest BCUT2D eigenvalue weighted by molar-refractivity contribution is 7.98. The van der Waals surface area contributed by atoms with E-state index in [4.69, 9.17) is 9.15 Å². The van der Waals surface area contributed by atoms with Crippen LogP contribution in [0, 0.1) is 11.3 Å². The molecular weight excluding hydrogens is 382 g/mol. The van der Waals surface area contributed by atoms with Crippen molar-refractivity contribution < 1.29 is 18.7 Å². The molecule has 0 bridgehead atoms. The van der Waals surface area contributed by atoms with E-state index in [0.29, 0.717) is 22.2 Å². The van der Waals surface area contributed by atoms with Gasteiger partial charge in [0.2, 0.25) is 5.76 Å². The molecule has 0 aliphatic carbocycles. The summed E-state index contributed by atoms with van der Waals surface area (Å²) >= 11 is 1.27. The van der Waals surface area contributed by atoms with Crippen LogP contribution in [0.3, 0.4) is 0 Å². The van der Waals surface area contributed by atoms with Crippen molar-refractivity contribution >= 4 is 17.7 Å². The normalized spacial score (nSPS) is 10.3. The second kappa shape index (κ2) is 8.45. The highest BCUT2D eigenvalue weighted by Gasteiger charge is 2.14. The number of carbonyl (C=O) groups is 1. The molecule has 0 radical (unpaired) electrons. The van der Waals surface area contributed by atoms with Gasteiger partial charge in [-0.1, -0.05) is 23.9 Å². The van der Waals surface area contributed by atoms with Gasteiger partial charge in [-0.05, 0) is 30.5 Å². The van der Waals surface area contributed by atoms with Gasteiger partial charge in [0.25, 0.3) is 5.56 Å². The molecular formula is C19H15N3O5S. The lowest BCUT2D eigenvalue weighted by molar-refractivity contribution is 0.0561. The molecule has 1 aromatic carbocycles. The number of nitrogens with zero attached hydrogens (tertiary/aromatic N) is 2. The first-order chi connectivity index (χ1) is 13.5. The number of esters is 1. The summed E-state index contributed by atoms with van der Waals surface area (Å²) in [7, 11) is 1.27. The van der Waals surface area contributed by atoms with Gasteiger partial charge in [0.15, 0.2) is 5.16 Å². The maximum Gasteiger partial charge on any atom is 0.373 e. The molecule has 0 fully saturated rings. The quantitative estimate of drug-likeness (QED) is 0.383. The van der Waals surface area contributed by atoms with Gasteiger partial charge < -0.3 is 18.9 Å². The summed E-state index contributed by atoms with van der Waals surface area (Å²) in [6, 6.07) is 11.9. The number of carbonyl (C=O) groups excluding carboxylic acids is 1. The number of H-pyrrole nitrogens is 1. The molecule has 28 heavy (non-hydrogen) atoms. The minimum absolute atomic E-state index is 0.0660. The van der Waals surface area contributed by atoms with Crippen molar-refractivity contribution in [1.29, 1.82) is 5.26 Å². The Labute approximate surface area is 164 Å². The smallest absolute Gasteiger partial charge is 0.373 e. The number of thioether (sulfide) groups is 1. The van der Waals surface area contributed by atoms with Crippen LogP contribution >= 0.6 is 11.8 Å². The Morgan fingerprint density at radius 2 is 2.18 bits per heavy atom. The van der Waals surface area contributed by atoms with Crippen LogP contribution in [-0.2, 0) is 11.3 Å². The molecule has 3 aromatic rings. The number of methoxy groups -OCH3 is 1. The van der Waals surface area contributed by atoms with Crippen molar-refractivity contribution in [3.8, 4) is 23.1 Å². The highest BCUT2D eigenvalue weighted by atomic mass is 32.2. The predicted molar refractivity (Wildman–Crippen MR) is 101 cm³/mol. The third-order valence-corrected chi connectivity index (χ3v) is 4.32. The summed E-state index contributed by atoms with van der Waals surface area (Å²) in [5.74, 6) is 0.459. The van der Waals surface area contributed by atoms with Crippen LogP contribution in [0.5, 0.6) is 5.75 Å². The van der Waals surface area contributed by atoms with E-state index in [1.807, 2.05) is 6.07 Å². The van der Waals surface area contributed by atoms with Gasteiger partial charge in [-0.15, -0.1) is 0 Å². The second-order valence-electron chi connectivity index (χ2n) is 5.48. The fourth-order valence-electron chi connectivity index (χ4n) is 2.42. The van der Waals surface area contributed by atoms with E-state index in [1.165, 1.54) is 24.9 Å². The Hall–Kier alpha value is -3.51. The SMILES string of the molecule is COC(=O)c1ccc(COc2cccc(-c3nc(SC)[nH]c(=O)c3C#N)c2)o1. The third kappa shape index (κ3) is 4.07. The summed E-state index contributed by atoms with van der Waals surface area (Å²) in [5, 5.41) is 9.73. The van der Waals surface area contributed by atoms with Gasteiger partial charge in [0.05, 0.1) is 12.8 Å². The molecule has 2 heterocycles. The van der Waals surface area contributed by atoms with Crippen LogP contribution < -0.4 is 10.3 Å². The summed E-state index contributed by atoms with van der Waals surface area (Å²) in [4.78, 5) is 30.4. The number of aromatic nitrogens is 2. The maximum atomic E-state index is 12.1. The molecule has 0 saturated carbocycles. The van der Waals surface area contributed by atoms with Crippen LogP contribution in [0.15, 0.2) is 50.8 Å². The number of aromatic amines is 1. The van der Waals surface area contributed by atoms with Crippen molar-refractivity contribution in [3.63, 3.8) is 0 Å². The van der Waals surface area contributed by atoms with Crippen LogP contribution in [0.2, 0.25) is 0 Å². The molecule has 0 aliphatic heterocycles. The van der Waals surface area contributed by atoms with Crippen molar-refractivity contribution in [3.05, 3.63) is 63.8 Å². The van der Waals surface area contributed by atoms with Gasteiger partial charge in [-0.3, -0.25) is 4.79 Å². The third-order valence-electron chi connectivity index (χ3n) is 3.74. The highest BCUT2D eigenvalue weighted by Crippen LogP contribution is 2.25. The summed E-state index contributed by atoms with van der Waals surface area (Å²) in [6.07, 6.45) is 1.78. The zero-order chi connectivity index (χ0) is 20.1. The van der Waals surface area contributed by atoms with E-state index in [-0.39, 0.29) is 23.6 Å². The Kier molecular flexibility index (Phi) is 5.81. The first-order valence-electron chi connectivity index (χ1n) is 8.04. The number of rotatable bonds is 6. The average molecular weight is 397 g/mol. The number of hydrogen-bond acceptors (Lipinski definition) is 8. The van der Waals surface area contributed by atoms with Crippen LogP contribution in [0.1, 0.15) is 21.9 Å². The molecule has 8 nitrogen and oxygen atoms in total. The van der Waals surface area contributed by atoms with Gasteiger partial charge >= 0.3 is 5.97 Å². The standard InChI is InChI=1S/C19H15N3O5S/c1-25-18(24)15-7-6-13(27-15)10-26-12-5-3-4-11(8-12)16-14(9-20)17(23)22-19(21-16)28-2/h3-8H,10H2,1-2H3,(H,21,22,23). The van der Waals surface area contributed by atoms with E-state index in [9.17, 15) is 14.9 Å². The molecule has 3 rings (SSSR count). The van der Waals surface area contributed by atoms with Gasteiger partial charge in [-0.2, -0.15) is 5.26 Å². The second-order valence-corrected chi connectivity index (χ2v) is 6.28. The zero-order valence-electron chi connectivity index (χ0n) is 15.0. The van der Waals surface area contributed by atoms with E-state index in [0.717, 1.165) is 0 Å². The van der Waals surface area contributed by atoms with Gasteiger partial charge in [0.1, 0.15) is 29.7 Å². The minimum Gasteiger partial charge on any atom is -0.486 e. The van der Waals surface area contributed by atoms with Crippen molar-refractivity contribution in [2.75, 3.05) is 13.4 Å². The maximum absolute atomic E-state index is 12.1. The molecule has 2 aromatic heterocycles. The van der Waals surface area contributed by atoms with E-state index < -0.39 is 11.5 Å². The molecule has 0 spiro atoms. The fourth-order valence-corrected chi connectivity index (χ4v) is 2.79. The molecule has 0 amide bonds. The Bertz CT molecular complexity index is 1110. The first kappa shape index (κ1) is 19.3. The summed E-state index contributed by atoms with van der Waals surface area (Å²) < 4.78 is 15.6. The topological polar surface area (TPSA) is 118 Å². The average Bonchev–Trinajstić information content (AvgIpc) is 3.20. The van der Waals surface area contributed by atoms with Crippen LogP contribution in [0.25, 0.3) is 11.3 Å². The Morgan fingerprint density at radius 3 is 2.89 bits per heavy atom. The first-order valence-corrected chi connectivity index (χ1v) is 9.27. The lowest BCUT2D eigenvalue weighted by Crippen LogP contribution is -2.14. The predicted octanol–water partition coefficient (Wildman–Crippen LogP) is 2.99. The summed E-state index contributed by atoms with van der Waals surface area (Å²) in [5.41, 5.74) is 0.301. The number of nitriles is 1. The lowest BCUT2D eigenvalue weighted by Gasteiger charge is -2.08. The van der Waals surface area contributed by atoms with E-state index in [2.05, 4.69) is 14.7 Å². The van der Waals surface area contributed by atoms with Crippen LogP contribution in [0.4, 0.5) is 0 Å². The van der Waals surface area contributed by atoms with E-state index in [1.54, 1.807) is 36.6 Å². The summed E-state index contributed by atoms with van der Waals surface area (Å²) in [6.45, 7) is 0.0877. The molecule has 1 N–H and O–H groups in total. The molecule has 142 valence electrons. The Balaban J connectivity index is 1.84. The molecule has 0 atom stereocenters. The van der Waals surface area contributed by atoms with Crippen molar-refractivity contribution in [2.45, 2.75) is 11.8 Å². The van der Waals surface area contributed by atoms with Gasteiger partial charge in [0, 0.05) is 5.56 Å². The fraction of sp³-hybridized carbons (Fsp3) is 0.158. The number of benzene rings is 1. The number of hydrogen-bond donors (Lipinski definition) is 1. The number of furan rings is 1. The molecule has 0 aliphatic rings.